The number of alkyl halides is 1. The number of para-hydroxylation sites is 1. The van der Waals surface area contributed by atoms with Gasteiger partial charge in [0.15, 0.2) is 0 Å². The van der Waals surface area contributed by atoms with E-state index in [0.717, 1.165) is 13.1 Å². The molecule has 2 aromatic rings. The highest BCUT2D eigenvalue weighted by Gasteiger charge is 2.41. The second-order valence-corrected chi connectivity index (χ2v) is 7.89. The average Bonchev–Trinajstić information content (AvgIpc) is 2.85. The van der Waals surface area contributed by atoms with Gasteiger partial charge >= 0.3 is 0 Å². The second-order valence-electron chi connectivity index (χ2n) is 7.51. The van der Waals surface area contributed by atoms with Crippen LogP contribution in [0.2, 0.25) is 0 Å². The van der Waals surface area contributed by atoms with Gasteiger partial charge in [-0.1, -0.05) is 56.3 Å². The molecular formula is C23H29ClN2. The number of likely N-dealkylation sites (N-methyl/N-ethyl adjacent to an activating group) is 1. The van der Waals surface area contributed by atoms with Gasteiger partial charge in [-0.3, -0.25) is 0 Å². The molecule has 3 heteroatoms. The first-order chi connectivity index (χ1) is 12.5. The predicted molar refractivity (Wildman–Crippen MR) is 116 cm³/mol. The number of rotatable bonds is 6. The molecule has 0 fully saturated rings. The van der Waals surface area contributed by atoms with E-state index in [1.54, 1.807) is 0 Å². The van der Waals surface area contributed by atoms with E-state index in [9.17, 15) is 0 Å². The minimum absolute atomic E-state index is 0.0984. The Kier molecular flexibility index (Phi) is 5.62. The van der Waals surface area contributed by atoms with Crippen LogP contribution >= 0.6 is 11.6 Å². The highest BCUT2D eigenvalue weighted by molar-refractivity contribution is 6.18. The summed E-state index contributed by atoms with van der Waals surface area (Å²) in [6.45, 7) is 8.68. The Morgan fingerprint density at radius 2 is 1.81 bits per heavy atom. The summed E-state index contributed by atoms with van der Waals surface area (Å²) in [5.41, 5.74) is 5.32. The third-order valence-corrected chi connectivity index (χ3v) is 5.77. The Balaban J connectivity index is 1.78. The van der Waals surface area contributed by atoms with E-state index in [-0.39, 0.29) is 5.41 Å². The summed E-state index contributed by atoms with van der Waals surface area (Å²) in [7, 11) is 2.19. The van der Waals surface area contributed by atoms with Gasteiger partial charge in [0.05, 0.1) is 6.04 Å². The lowest BCUT2D eigenvalue weighted by Gasteiger charge is -2.29. The number of halogens is 1. The van der Waals surface area contributed by atoms with Crippen molar-refractivity contribution in [3.05, 3.63) is 65.7 Å². The van der Waals surface area contributed by atoms with Crippen LogP contribution in [0, 0.1) is 0 Å². The van der Waals surface area contributed by atoms with E-state index in [0.29, 0.717) is 11.9 Å². The third kappa shape index (κ3) is 3.48. The summed E-state index contributed by atoms with van der Waals surface area (Å²) in [5, 5.41) is 0. The van der Waals surface area contributed by atoms with Crippen LogP contribution in [0.15, 0.2) is 54.6 Å². The van der Waals surface area contributed by atoms with Gasteiger partial charge in [-0.15, -0.1) is 11.6 Å². The van der Waals surface area contributed by atoms with Gasteiger partial charge in [-0.2, -0.15) is 0 Å². The molecule has 2 nitrogen and oxygen atoms in total. The first-order valence-corrected chi connectivity index (χ1v) is 9.94. The van der Waals surface area contributed by atoms with Gasteiger partial charge in [-0.05, 0) is 36.2 Å². The summed E-state index contributed by atoms with van der Waals surface area (Å²) >= 11 is 5.90. The monoisotopic (exact) mass is 368 g/mol. The topological polar surface area (TPSA) is 6.48 Å². The molecule has 0 N–H and O–H groups in total. The fourth-order valence-electron chi connectivity index (χ4n) is 4.06. The molecule has 1 aliphatic heterocycles. The Morgan fingerprint density at radius 1 is 1.12 bits per heavy atom. The zero-order chi connectivity index (χ0) is 18.7. The molecule has 0 aromatic heterocycles. The normalized spacial score (nSPS) is 18.3. The van der Waals surface area contributed by atoms with Gasteiger partial charge < -0.3 is 9.80 Å². The fourth-order valence-corrected chi connectivity index (χ4v) is 4.26. The van der Waals surface area contributed by atoms with Gasteiger partial charge in [0.1, 0.15) is 0 Å². The molecular weight excluding hydrogens is 340 g/mol. The van der Waals surface area contributed by atoms with Crippen molar-refractivity contribution in [1.29, 1.82) is 0 Å². The molecule has 1 unspecified atom stereocenters. The molecule has 0 saturated carbocycles. The van der Waals surface area contributed by atoms with Crippen LogP contribution in [0.4, 0.5) is 11.4 Å². The van der Waals surface area contributed by atoms with Crippen LogP contribution in [0.25, 0.3) is 6.08 Å². The lowest BCUT2D eigenvalue weighted by Crippen LogP contribution is -2.37. The number of hydrogen-bond donors (Lipinski definition) is 0. The molecule has 0 bridgehead atoms. The molecule has 0 spiro atoms. The van der Waals surface area contributed by atoms with Crippen LogP contribution in [0.3, 0.4) is 0 Å². The molecule has 0 amide bonds. The number of anilines is 2. The Morgan fingerprint density at radius 3 is 2.42 bits per heavy atom. The van der Waals surface area contributed by atoms with Crippen molar-refractivity contribution in [1.82, 2.24) is 0 Å². The number of benzene rings is 2. The summed E-state index contributed by atoms with van der Waals surface area (Å²) in [6.07, 6.45) is 4.59. The largest absolute Gasteiger partial charge is 0.371 e. The minimum Gasteiger partial charge on any atom is -0.371 e. The molecule has 26 heavy (non-hydrogen) atoms. The van der Waals surface area contributed by atoms with Gasteiger partial charge in [0.25, 0.3) is 0 Å². The molecule has 1 aliphatic rings. The van der Waals surface area contributed by atoms with Gasteiger partial charge in [-0.25, -0.2) is 0 Å². The van der Waals surface area contributed by atoms with E-state index < -0.39 is 0 Å². The summed E-state index contributed by atoms with van der Waals surface area (Å²) in [6, 6.07) is 17.8. The van der Waals surface area contributed by atoms with Crippen LogP contribution in [-0.2, 0) is 5.41 Å². The van der Waals surface area contributed by atoms with Gasteiger partial charge in [0, 0.05) is 42.8 Å². The van der Waals surface area contributed by atoms with Crippen LogP contribution < -0.4 is 9.80 Å². The third-order valence-electron chi connectivity index (χ3n) is 5.60. The zero-order valence-electron chi connectivity index (χ0n) is 16.2. The summed E-state index contributed by atoms with van der Waals surface area (Å²) < 4.78 is 0. The molecule has 2 aromatic carbocycles. The maximum absolute atomic E-state index is 5.90. The SMILES string of the molecule is CCN(CCCl)c1ccc(/C=C/C2N(C)c3ccccc3C2(C)C)cc1. The van der Waals surface area contributed by atoms with Crippen molar-refractivity contribution >= 4 is 29.1 Å². The first kappa shape index (κ1) is 18.8. The summed E-state index contributed by atoms with van der Waals surface area (Å²) in [4.78, 5) is 4.69. The minimum atomic E-state index is 0.0984. The lowest BCUT2D eigenvalue weighted by molar-refractivity contribution is 0.489. The van der Waals surface area contributed by atoms with Crippen molar-refractivity contribution in [3.8, 4) is 0 Å². The van der Waals surface area contributed by atoms with Crippen molar-refractivity contribution in [2.45, 2.75) is 32.2 Å². The van der Waals surface area contributed by atoms with E-state index >= 15 is 0 Å². The van der Waals surface area contributed by atoms with Crippen molar-refractivity contribution in [2.24, 2.45) is 0 Å². The Bertz CT molecular complexity index is 764. The van der Waals surface area contributed by atoms with Crippen LogP contribution in [-0.4, -0.2) is 32.1 Å². The van der Waals surface area contributed by atoms with E-state index in [4.69, 9.17) is 11.6 Å². The molecule has 3 rings (SSSR count). The molecule has 1 heterocycles. The van der Waals surface area contributed by atoms with E-state index in [1.807, 2.05) is 0 Å². The highest BCUT2D eigenvalue weighted by atomic mass is 35.5. The van der Waals surface area contributed by atoms with Crippen molar-refractivity contribution < 1.29 is 0 Å². The van der Waals surface area contributed by atoms with E-state index in [1.165, 1.54) is 22.5 Å². The summed E-state index contributed by atoms with van der Waals surface area (Å²) in [5.74, 6) is 0.652. The molecule has 138 valence electrons. The smallest absolute Gasteiger partial charge is 0.0565 e. The van der Waals surface area contributed by atoms with Crippen molar-refractivity contribution in [3.63, 3.8) is 0 Å². The maximum atomic E-state index is 5.90. The Hall–Kier alpha value is -1.93. The zero-order valence-corrected chi connectivity index (χ0v) is 17.0. The Labute approximate surface area is 163 Å². The van der Waals surface area contributed by atoms with Crippen LogP contribution in [0.5, 0.6) is 0 Å². The maximum Gasteiger partial charge on any atom is 0.0565 e. The molecule has 0 radical (unpaired) electrons. The van der Waals surface area contributed by atoms with Crippen molar-refractivity contribution in [2.75, 3.05) is 35.8 Å². The van der Waals surface area contributed by atoms with Gasteiger partial charge in [0.2, 0.25) is 0 Å². The number of hydrogen-bond acceptors (Lipinski definition) is 2. The standard InChI is InChI=1S/C23H29ClN2/c1-5-26(17-16-24)19-13-10-18(11-14-19)12-15-22-23(2,3)20-8-6-7-9-21(20)25(22)4/h6-15,22H,5,16-17H2,1-4H3/b15-12+. The molecule has 0 saturated heterocycles. The number of nitrogens with zero attached hydrogens (tertiary/aromatic N) is 2. The first-order valence-electron chi connectivity index (χ1n) is 9.40. The van der Waals surface area contributed by atoms with E-state index in [2.05, 4.69) is 98.3 Å². The molecule has 0 aliphatic carbocycles. The fraction of sp³-hybridized carbons (Fsp3) is 0.391. The highest BCUT2D eigenvalue weighted by Crippen LogP contribution is 2.44. The quantitative estimate of drug-likeness (QED) is 0.616. The second kappa shape index (κ2) is 7.75. The predicted octanol–water partition coefficient (Wildman–Crippen LogP) is 5.56. The molecule has 1 atom stereocenters. The number of fused-ring (bicyclic) bond motifs is 1. The lowest BCUT2D eigenvalue weighted by atomic mass is 9.80. The average molecular weight is 369 g/mol. The van der Waals surface area contributed by atoms with Crippen LogP contribution in [0.1, 0.15) is 31.9 Å².